The summed E-state index contributed by atoms with van der Waals surface area (Å²) in [5.74, 6) is -0.169. The van der Waals surface area contributed by atoms with E-state index < -0.39 is 0 Å². The third kappa shape index (κ3) is 5.39. The van der Waals surface area contributed by atoms with Gasteiger partial charge in [0.2, 0.25) is 5.91 Å². The number of hydrogen-bond acceptors (Lipinski definition) is 4. The van der Waals surface area contributed by atoms with Gasteiger partial charge in [0.05, 0.1) is 6.54 Å². The molecule has 0 spiro atoms. The van der Waals surface area contributed by atoms with Crippen LogP contribution in [0.25, 0.3) is 10.4 Å². The average molecular weight is 406 g/mol. The van der Waals surface area contributed by atoms with Gasteiger partial charge in [-0.1, -0.05) is 18.2 Å². The number of carbonyl (C=O) groups is 1. The van der Waals surface area contributed by atoms with Crippen molar-refractivity contribution >= 4 is 42.1 Å². The number of nitrogens with two attached hydrogens (primary N) is 1. The molecule has 0 radical (unpaired) electrons. The van der Waals surface area contributed by atoms with Crippen LogP contribution in [-0.2, 0) is 11.3 Å². The van der Waals surface area contributed by atoms with Crippen molar-refractivity contribution in [3.05, 3.63) is 47.1 Å². The molecule has 4 nitrogen and oxygen atoms in total. The van der Waals surface area contributed by atoms with Crippen molar-refractivity contribution in [2.24, 2.45) is 5.73 Å². The van der Waals surface area contributed by atoms with Gasteiger partial charge in [0.25, 0.3) is 0 Å². The van der Waals surface area contributed by atoms with Crippen LogP contribution < -0.4 is 5.73 Å². The van der Waals surface area contributed by atoms with Crippen LogP contribution in [0.2, 0.25) is 0 Å². The Hall–Kier alpha value is -1.18. The minimum Gasteiger partial charge on any atom is -0.339 e. The van der Waals surface area contributed by atoms with Crippen LogP contribution in [-0.4, -0.2) is 48.4 Å². The summed E-state index contributed by atoms with van der Waals surface area (Å²) in [6, 6.07) is 10.9. The predicted octanol–water partition coefficient (Wildman–Crippen LogP) is 3.00. The summed E-state index contributed by atoms with van der Waals surface area (Å²) >= 11 is 1.62. The van der Waals surface area contributed by atoms with E-state index in [0.29, 0.717) is 5.56 Å². The first-order chi connectivity index (χ1) is 11.2. The normalized spacial score (nSPS) is 14.6. The van der Waals surface area contributed by atoms with Crippen molar-refractivity contribution in [2.75, 3.05) is 32.7 Å². The standard InChI is InChI=1S/C17H20FN3OS.2ClH/c18-15-4-2-1-3-14(15)16-6-5-13(23-16)12-20-7-9-21(10-8-20)17(22)11-19;;/h1-6H,7-12,19H2;2*1H. The fraction of sp³-hybridized carbons (Fsp3) is 0.353. The molecule has 1 aromatic heterocycles. The van der Waals surface area contributed by atoms with Crippen LogP contribution in [0.5, 0.6) is 0 Å². The third-order valence-electron chi connectivity index (χ3n) is 4.08. The van der Waals surface area contributed by atoms with Gasteiger partial charge in [0.15, 0.2) is 0 Å². The van der Waals surface area contributed by atoms with E-state index in [1.807, 2.05) is 23.1 Å². The Morgan fingerprint density at radius 3 is 2.40 bits per heavy atom. The van der Waals surface area contributed by atoms with Gasteiger partial charge in [0.1, 0.15) is 5.82 Å². The lowest BCUT2D eigenvalue weighted by atomic mass is 10.2. The van der Waals surface area contributed by atoms with Crippen molar-refractivity contribution < 1.29 is 9.18 Å². The molecule has 25 heavy (non-hydrogen) atoms. The molecule has 0 atom stereocenters. The number of halogens is 3. The Labute approximate surface area is 163 Å². The van der Waals surface area contributed by atoms with Crippen molar-refractivity contribution in [3.63, 3.8) is 0 Å². The fourth-order valence-corrected chi connectivity index (χ4v) is 3.85. The molecule has 0 unspecified atom stereocenters. The molecule has 1 aliphatic rings. The summed E-state index contributed by atoms with van der Waals surface area (Å²) in [5.41, 5.74) is 6.05. The maximum Gasteiger partial charge on any atom is 0.236 e. The van der Waals surface area contributed by atoms with Crippen LogP contribution in [0.1, 0.15) is 4.88 Å². The summed E-state index contributed by atoms with van der Waals surface area (Å²) in [4.78, 5) is 17.9. The molecule has 1 aliphatic heterocycles. The quantitative estimate of drug-likeness (QED) is 0.850. The van der Waals surface area contributed by atoms with E-state index in [2.05, 4.69) is 11.0 Å². The maximum absolute atomic E-state index is 13.8. The predicted molar refractivity (Wildman–Crippen MR) is 105 cm³/mol. The number of benzene rings is 1. The first-order valence-corrected chi connectivity index (χ1v) is 8.53. The second kappa shape index (κ2) is 10.1. The molecule has 1 aromatic carbocycles. The Bertz CT molecular complexity index is 690. The molecule has 8 heteroatoms. The van der Waals surface area contributed by atoms with Crippen molar-refractivity contribution in [2.45, 2.75) is 6.54 Å². The second-order valence-electron chi connectivity index (χ2n) is 5.61. The van der Waals surface area contributed by atoms with Gasteiger partial charge in [-0.2, -0.15) is 0 Å². The minimum absolute atomic E-state index is 0. The van der Waals surface area contributed by atoms with Crippen molar-refractivity contribution in [3.8, 4) is 10.4 Å². The van der Waals surface area contributed by atoms with Crippen molar-refractivity contribution in [1.29, 1.82) is 0 Å². The summed E-state index contributed by atoms with van der Waals surface area (Å²) in [6.45, 7) is 4.06. The highest BCUT2D eigenvalue weighted by Gasteiger charge is 2.20. The number of hydrogen-bond donors (Lipinski definition) is 1. The van der Waals surface area contributed by atoms with Crippen LogP contribution in [0.15, 0.2) is 36.4 Å². The van der Waals surface area contributed by atoms with E-state index in [0.717, 1.165) is 37.6 Å². The topological polar surface area (TPSA) is 49.6 Å². The number of carbonyl (C=O) groups excluding carboxylic acids is 1. The lowest BCUT2D eigenvalue weighted by molar-refractivity contribution is -0.131. The highest BCUT2D eigenvalue weighted by atomic mass is 35.5. The van der Waals surface area contributed by atoms with Crippen molar-refractivity contribution in [1.82, 2.24) is 9.80 Å². The van der Waals surface area contributed by atoms with Crippen LogP contribution in [0.4, 0.5) is 4.39 Å². The van der Waals surface area contributed by atoms with E-state index in [1.54, 1.807) is 17.4 Å². The Balaban J connectivity index is 0.00000156. The highest BCUT2D eigenvalue weighted by molar-refractivity contribution is 7.15. The molecular weight excluding hydrogens is 384 g/mol. The fourth-order valence-electron chi connectivity index (χ4n) is 2.77. The molecule has 1 fully saturated rings. The van der Waals surface area contributed by atoms with Gasteiger partial charge in [-0.15, -0.1) is 36.2 Å². The molecule has 2 N–H and O–H groups in total. The molecule has 1 saturated heterocycles. The smallest absolute Gasteiger partial charge is 0.236 e. The van der Waals surface area contributed by atoms with E-state index in [-0.39, 0.29) is 43.1 Å². The van der Waals surface area contributed by atoms with Gasteiger partial charge < -0.3 is 10.6 Å². The lowest BCUT2D eigenvalue weighted by Crippen LogP contribution is -2.49. The monoisotopic (exact) mass is 405 g/mol. The molecule has 1 amide bonds. The second-order valence-corrected chi connectivity index (χ2v) is 6.78. The van der Waals surface area contributed by atoms with E-state index in [4.69, 9.17) is 5.73 Å². The number of rotatable bonds is 4. The zero-order chi connectivity index (χ0) is 16.2. The van der Waals surface area contributed by atoms with Crippen LogP contribution >= 0.6 is 36.2 Å². The molecule has 2 aromatic rings. The molecule has 0 aliphatic carbocycles. The van der Waals surface area contributed by atoms with Gasteiger partial charge in [0, 0.05) is 48.0 Å². The number of thiophene rings is 1. The molecule has 138 valence electrons. The first-order valence-electron chi connectivity index (χ1n) is 7.71. The summed E-state index contributed by atoms with van der Waals surface area (Å²) in [5, 5.41) is 0. The third-order valence-corrected chi connectivity index (χ3v) is 5.18. The number of amides is 1. The molecule has 0 saturated carbocycles. The number of nitrogens with zero attached hydrogens (tertiary/aromatic N) is 2. The van der Waals surface area contributed by atoms with E-state index in [1.165, 1.54) is 10.9 Å². The molecule has 0 bridgehead atoms. The van der Waals surface area contributed by atoms with E-state index in [9.17, 15) is 9.18 Å². The number of piperazine rings is 1. The zero-order valence-electron chi connectivity index (χ0n) is 13.7. The van der Waals surface area contributed by atoms with E-state index >= 15 is 0 Å². The highest BCUT2D eigenvalue weighted by Crippen LogP contribution is 2.30. The molecule has 3 rings (SSSR count). The maximum atomic E-state index is 13.8. The lowest BCUT2D eigenvalue weighted by Gasteiger charge is -2.34. The molecule has 2 heterocycles. The van der Waals surface area contributed by atoms with Gasteiger partial charge in [-0.05, 0) is 18.2 Å². The Kier molecular flexibility index (Phi) is 8.82. The Morgan fingerprint density at radius 2 is 1.76 bits per heavy atom. The minimum atomic E-state index is -0.185. The summed E-state index contributed by atoms with van der Waals surface area (Å²) in [7, 11) is 0. The average Bonchev–Trinajstić information content (AvgIpc) is 3.03. The summed E-state index contributed by atoms with van der Waals surface area (Å²) in [6.07, 6.45) is 0. The summed E-state index contributed by atoms with van der Waals surface area (Å²) < 4.78 is 13.8. The molecular formula is C17H22Cl2FN3OS. The van der Waals surface area contributed by atoms with Gasteiger partial charge >= 0.3 is 0 Å². The Morgan fingerprint density at radius 1 is 1.08 bits per heavy atom. The van der Waals surface area contributed by atoms with Gasteiger partial charge in [-0.25, -0.2) is 4.39 Å². The largest absolute Gasteiger partial charge is 0.339 e. The van der Waals surface area contributed by atoms with Crippen LogP contribution in [0.3, 0.4) is 0 Å². The van der Waals surface area contributed by atoms with Gasteiger partial charge in [-0.3, -0.25) is 9.69 Å². The SMILES string of the molecule is Cl.Cl.NCC(=O)N1CCN(Cc2ccc(-c3ccccc3F)s2)CC1. The van der Waals surface area contributed by atoms with Crippen LogP contribution in [0, 0.1) is 5.82 Å². The zero-order valence-corrected chi connectivity index (χ0v) is 16.1. The first kappa shape index (κ1) is 21.9.